The first-order valence-corrected chi connectivity index (χ1v) is 11.8. The summed E-state index contributed by atoms with van der Waals surface area (Å²) in [5.41, 5.74) is 4.51. The van der Waals surface area contributed by atoms with Crippen LogP contribution < -0.4 is 5.32 Å². The molecular weight excluding hydrogens is 429 g/mol. The molecule has 4 rings (SSSR count). The number of carbonyl (C=O) groups is 1. The Labute approximate surface area is 193 Å². The van der Waals surface area contributed by atoms with Crippen molar-refractivity contribution in [1.29, 1.82) is 0 Å². The Bertz CT molecular complexity index is 1060. The monoisotopic (exact) mass is 457 g/mol. The third-order valence-corrected chi connectivity index (χ3v) is 7.01. The van der Waals surface area contributed by atoms with Crippen molar-refractivity contribution in [2.24, 2.45) is 0 Å². The molecule has 1 aromatic heterocycles. The van der Waals surface area contributed by atoms with Crippen LogP contribution >= 0.6 is 23.2 Å². The van der Waals surface area contributed by atoms with Gasteiger partial charge in [0.1, 0.15) is 0 Å². The van der Waals surface area contributed by atoms with Gasteiger partial charge in [-0.1, -0.05) is 54.4 Å². The highest BCUT2D eigenvalue weighted by Gasteiger charge is 2.23. The summed E-state index contributed by atoms with van der Waals surface area (Å²) in [6.07, 6.45) is 5.86. The average molecular weight is 458 g/mol. The number of aryl methyl sites for hydroxylation is 1. The van der Waals surface area contributed by atoms with Crippen LogP contribution in [0.3, 0.4) is 0 Å². The zero-order chi connectivity index (χ0) is 21.8. The van der Waals surface area contributed by atoms with E-state index < -0.39 is 0 Å². The first-order valence-electron chi connectivity index (χ1n) is 11.1. The normalized spacial score (nSPS) is 15.5. The summed E-state index contributed by atoms with van der Waals surface area (Å²) < 4.78 is 0. The molecule has 2 aromatic carbocycles. The molecule has 1 aliphatic rings. The molecule has 1 saturated heterocycles. The molecule has 0 bridgehead atoms. The number of benzene rings is 2. The second-order valence-electron chi connectivity index (χ2n) is 8.27. The summed E-state index contributed by atoms with van der Waals surface area (Å²) in [7, 11) is 0. The lowest BCUT2D eigenvalue weighted by atomic mass is 9.87. The minimum Gasteiger partial charge on any atom is -0.361 e. The van der Waals surface area contributed by atoms with Crippen molar-refractivity contribution in [2.75, 3.05) is 26.2 Å². The van der Waals surface area contributed by atoms with Crippen LogP contribution in [0.1, 0.15) is 48.8 Å². The van der Waals surface area contributed by atoms with E-state index in [1.54, 1.807) is 0 Å². The van der Waals surface area contributed by atoms with Crippen molar-refractivity contribution in [3.8, 4) is 0 Å². The van der Waals surface area contributed by atoms with Crippen molar-refractivity contribution in [3.63, 3.8) is 0 Å². The Balaban J connectivity index is 1.59. The smallest absolute Gasteiger partial charge is 0.220 e. The molecule has 0 aliphatic carbocycles. The number of hydrogen-bond acceptors (Lipinski definition) is 2. The molecule has 0 saturated carbocycles. The number of H-pyrrole nitrogens is 1. The second kappa shape index (κ2) is 10.1. The number of hydrogen-bond donors (Lipinski definition) is 2. The molecule has 6 heteroatoms. The van der Waals surface area contributed by atoms with E-state index in [0.29, 0.717) is 23.0 Å². The number of para-hydroxylation sites is 1. The predicted molar refractivity (Wildman–Crippen MR) is 129 cm³/mol. The Kier molecular flexibility index (Phi) is 7.21. The van der Waals surface area contributed by atoms with Gasteiger partial charge in [0.15, 0.2) is 0 Å². The Morgan fingerprint density at radius 1 is 1.16 bits per heavy atom. The van der Waals surface area contributed by atoms with Crippen LogP contribution in [0, 0.1) is 0 Å². The predicted octanol–water partition coefficient (Wildman–Crippen LogP) is 5.77. The van der Waals surface area contributed by atoms with Gasteiger partial charge in [-0.25, -0.2) is 0 Å². The summed E-state index contributed by atoms with van der Waals surface area (Å²) in [5, 5.41) is 5.30. The molecule has 1 aliphatic heterocycles. The summed E-state index contributed by atoms with van der Waals surface area (Å²) in [6.45, 7) is 6.02. The minimum absolute atomic E-state index is 0.0521. The summed E-state index contributed by atoms with van der Waals surface area (Å²) in [6, 6.07) is 12.0. The van der Waals surface area contributed by atoms with E-state index in [-0.39, 0.29) is 11.8 Å². The fourth-order valence-electron chi connectivity index (χ4n) is 4.58. The van der Waals surface area contributed by atoms with Crippen molar-refractivity contribution in [1.82, 2.24) is 15.2 Å². The number of likely N-dealkylation sites (tertiary alicyclic amines) is 1. The fourth-order valence-corrected chi connectivity index (χ4v) is 4.88. The number of fused-ring (bicyclic) bond motifs is 1. The zero-order valence-corrected chi connectivity index (χ0v) is 19.4. The average Bonchev–Trinajstić information content (AvgIpc) is 3.44. The van der Waals surface area contributed by atoms with E-state index >= 15 is 0 Å². The summed E-state index contributed by atoms with van der Waals surface area (Å²) in [5.74, 6) is -0.0568. The second-order valence-corrected chi connectivity index (χ2v) is 9.08. The number of carbonyl (C=O) groups excluding carboxylic acids is 1. The maximum atomic E-state index is 12.9. The lowest BCUT2D eigenvalue weighted by Gasteiger charge is -2.19. The van der Waals surface area contributed by atoms with Gasteiger partial charge in [0.25, 0.3) is 0 Å². The van der Waals surface area contributed by atoms with Crippen LogP contribution in [0.15, 0.2) is 42.6 Å². The van der Waals surface area contributed by atoms with Gasteiger partial charge in [-0.2, -0.15) is 0 Å². The Morgan fingerprint density at radius 2 is 1.97 bits per heavy atom. The lowest BCUT2D eigenvalue weighted by Crippen LogP contribution is -2.34. The molecule has 0 spiro atoms. The molecule has 2 heterocycles. The van der Waals surface area contributed by atoms with E-state index in [0.717, 1.165) is 48.1 Å². The van der Waals surface area contributed by atoms with E-state index in [1.807, 2.05) is 24.4 Å². The van der Waals surface area contributed by atoms with E-state index in [9.17, 15) is 4.79 Å². The molecule has 164 valence electrons. The minimum atomic E-state index is -0.109. The van der Waals surface area contributed by atoms with Gasteiger partial charge in [0.2, 0.25) is 5.91 Å². The Morgan fingerprint density at radius 3 is 2.71 bits per heavy atom. The first-order chi connectivity index (χ1) is 15.1. The van der Waals surface area contributed by atoms with Gasteiger partial charge in [0.05, 0.1) is 10.0 Å². The molecule has 0 unspecified atom stereocenters. The van der Waals surface area contributed by atoms with Gasteiger partial charge in [-0.3, -0.25) is 4.79 Å². The van der Waals surface area contributed by atoms with Crippen LogP contribution in [0.2, 0.25) is 10.0 Å². The molecule has 1 amide bonds. The number of nitrogens with zero attached hydrogens (tertiary/aromatic N) is 1. The highest BCUT2D eigenvalue weighted by Crippen LogP contribution is 2.36. The van der Waals surface area contributed by atoms with Gasteiger partial charge in [-0.15, -0.1) is 0 Å². The molecule has 1 fully saturated rings. The number of rotatable bonds is 8. The maximum absolute atomic E-state index is 12.9. The van der Waals surface area contributed by atoms with Crippen LogP contribution in [-0.4, -0.2) is 42.0 Å². The molecular formula is C25H29Cl2N3O. The van der Waals surface area contributed by atoms with Crippen LogP contribution in [0.4, 0.5) is 0 Å². The van der Waals surface area contributed by atoms with E-state index in [2.05, 4.69) is 40.3 Å². The summed E-state index contributed by atoms with van der Waals surface area (Å²) >= 11 is 12.5. The topological polar surface area (TPSA) is 48.1 Å². The number of nitrogens with one attached hydrogen (secondary N) is 2. The van der Waals surface area contributed by atoms with Crippen molar-refractivity contribution < 1.29 is 4.79 Å². The quantitative estimate of drug-likeness (QED) is 0.450. The van der Waals surface area contributed by atoms with E-state index in [1.165, 1.54) is 18.4 Å². The van der Waals surface area contributed by atoms with Crippen LogP contribution in [-0.2, 0) is 11.2 Å². The van der Waals surface area contributed by atoms with Crippen LogP contribution in [0.5, 0.6) is 0 Å². The third-order valence-electron chi connectivity index (χ3n) is 6.27. The SMILES string of the molecule is CCc1cccc2c([C@H](CC(=O)NCCN3CCCC3)c3ccc(Cl)c(Cl)c3)c[nH]c12. The third kappa shape index (κ3) is 5.08. The maximum Gasteiger partial charge on any atom is 0.220 e. The highest BCUT2D eigenvalue weighted by molar-refractivity contribution is 6.42. The van der Waals surface area contributed by atoms with Gasteiger partial charge >= 0.3 is 0 Å². The lowest BCUT2D eigenvalue weighted by molar-refractivity contribution is -0.121. The van der Waals surface area contributed by atoms with Crippen molar-refractivity contribution in [2.45, 2.75) is 38.5 Å². The molecule has 4 nitrogen and oxygen atoms in total. The van der Waals surface area contributed by atoms with Gasteiger partial charge < -0.3 is 15.2 Å². The van der Waals surface area contributed by atoms with Crippen molar-refractivity contribution in [3.05, 3.63) is 69.3 Å². The van der Waals surface area contributed by atoms with Crippen molar-refractivity contribution >= 4 is 40.0 Å². The molecule has 1 atom stereocenters. The van der Waals surface area contributed by atoms with Gasteiger partial charge in [-0.05, 0) is 61.2 Å². The largest absolute Gasteiger partial charge is 0.361 e. The standard InChI is InChI=1S/C25H29Cl2N3O/c1-2-17-6-5-7-19-21(16-29-25(17)19)20(18-8-9-22(26)23(27)14-18)15-24(31)28-10-13-30-11-3-4-12-30/h5-9,14,16,20,29H,2-4,10-13,15H2,1H3,(H,28,31)/t20-/m1/s1. The molecule has 2 N–H and O–H groups in total. The Hall–Kier alpha value is -2.01. The number of aromatic nitrogens is 1. The molecule has 3 aromatic rings. The van der Waals surface area contributed by atoms with Gasteiger partial charge in [0, 0.05) is 42.5 Å². The number of amides is 1. The molecule has 0 radical (unpaired) electrons. The highest BCUT2D eigenvalue weighted by atomic mass is 35.5. The summed E-state index contributed by atoms with van der Waals surface area (Å²) in [4.78, 5) is 18.8. The van der Waals surface area contributed by atoms with Crippen LogP contribution in [0.25, 0.3) is 10.9 Å². The number of aromatic amines is 1. The fraction of sp³-hybridized carbons (Fsp3) is 0.400. The number of halogens is 2. The first kappa shape index (κ1) is 22.2. The van der Waals surface area contributed by atoms with E-state index in [4.69, 9.17) is 23.2 Å². The zero-order valence-electron chi connectivity index (χ0n) is 17.9. The molecule has 31 heavy (non-hydrogen) atoms.